The summed E-state index contributed by atoms with van der Waals surface area (Å²) in [4.78, 5) is 12.6. The highest BCUT2D eigenvalue weighted by Crippen LogP contribution is 2.38. The van der Waals surface area contributed by atoms with Crippen molar-refractivity contribution in [1.29, 1.82) is 0 Å². The van der Waals surface area contributed by atoms with Gasteiger partial charge >= 0.3 is 0 Å². The summed E-state index contributed by atoms with van der Waals surface area (Å²) >= 11 is 0. The average molecular weight is 476 g/mol. The second-order valence-corrected chi connectivity index (χ2v) is 10.7. The van der Waals surface area contributed by atoms with Crippen molar-refractivity contribution in [3.05, 3.63) is 77.4 Å². The third-order valence-corrected chi connectivity index (χ3v) is 7.51. The van der Waals surface area contributed by atoms with Gasteiger partial charge in [-0.15, -0.1) is 0 Å². The van der Waals surface area contributed by atoms with Crippen LogP contribution in [0.3, 0.4) is 0 Å². The number of carbonyl (C=O) groups excluding carboxylic acids is 1. The van der Waals surface area contributed by atoms with Crippen LogP contribution in [0.15, 0.2) is 60.7 Å². The van der Waals surface area contributed by atoms with Crippen molar-refractivity contribution in [3.63, 3.8) is 0 Å². The van der Waals surface area contributed by atoms with Crippen LogP contribution in [-0.4, -0.2) is 29.3 Å². The molecule has 0 bridgehead atoms. The molecule has 0 saturated carbocycles. The normalized spacial score (nSPS) is 12.1. The molecule has 0 aromatic heterocycles. The van der Waals surface area contributed by atoms with Gasteiger partial charge in [0.15, 0.2) is 0 Å². The van der Waals surface area contributed by atoms with E-state index < -0.39 is 0 Å². The van der Waals surface area contributed by atoms with Crippen LogP contribution in [0.5, 0.6) is 5.75 Å². The fourth-order valence-corrected chi connectivity index (χ4v) is 4.12. The second kappa shape index (κ2) is 11.3. The molecule has 0 heterocycles. The summed E-state index contributed by atoms with van der Waals surface area (Å²) in [6, 6.07) is 20.0. The van der Waals surface area contributed by atoms with Crippen LogP contribution in [0, 0.1) is 0 Å². The first kappa shape index (κ1) is 26.7. The lowest BCUT2D eigenvalue weighted by atomic mass is 9.76. The van der Waals surface area contributed by atoms with Crippen LogP contribution < -0.4 is 4.74 Å². The first-order valence-corrected chi connectivity index (χ1v) is 12.9. The molecular weight excluding hydrogens is 434 g/mol. The van der Waals surface area contributed by atoms with E-state index in [1.807, 2.05) is 36.4 Å². The van der Waals surface area contributed by atoms with Gasteiger partial charge in [0.25, 0.3) is 5.91 Å². The zero-order valence-electron chi connectivity index (χ0n) is 22.2. The number of carbonyl (C=O) groups is 1. The molecule has 1 N–H and O–H groups in total. The van der Waals surface area contributed by atoms with Gasteiger partial charge in [0.2, 0.25) is 0 Å². The van der Waals surface area contributed by atoms with Crippen molar-refractivity contribution < 1.29 is 14.7 Å². The zero-order valence-corrected chi connectivity index (χ0v) is 22.2. The fraction of sp³-hybridized carbons (Fsp3) is 0.452. The van der Waals surface area contributed by atoms with E-state index in [1.54, 1.807) is 6.07 Å². The van der Waals surface area contributed by atoms with Gasteiger partial charge in [0.1, 0.15) is 5.75 Å². The highest BCUT2D eigenvalue weighted by atomic mass is 16.5. The van der Waals surface area contributed by atoms with Crippen LogP contribution in [0.25, 0.3) is 10.8 Å². The Kier molecular flexibility index (Phi) is 8.60. The highest BCUT2D eigenvalue weighted by molar-refractivity contribution is 5.98. The first-order chi connectivity index (χ1) is 16.6. The number of ether oxygens (including phenoxy) is 1. The predicted molar refractivity (Wildman–Crippen MR) is 145 cm³/mol. The number of rotatable bonds is 11. The molecule has 4 nitrogen and oxygen atoms in total. The van der Waals surface area contributed by atoms with E-state index in [0.29, 0.717) is 18.6 Å². The van der Waals surface area contributed by atoms with Gasteiger partial charge in [-0.3, -0.25) is 10.0 Å². The van der Waals surface area contributed by atoms with Crippen molar-refractivity contribution in [1.82, 2.24) is 5.06 Å². The minimum absolute atomic E-state index is 0.0172. The Morgan fingerprint density at radius 3 is 2.23 bits per heavy atom. The summed E-state index contributed by atoms with van der Waals surface area (Å²) in [5.41, 5.74) is 3.22. The molecule has 0 aliphatic rings. The Labute approximate surface area is 210 Å². The van der Waals surface area contributed by atoms with Crippen LogP contribution in [0.4, 0.5) is 0 Å². The van der Waals surface area contributed by atoms with E-state index in [1.165, 1.54) is 11.1 Å². The largest absolute Gasteiger partial charge is 0.493 e. The number of amides is 1. The summed E-state index contributed by atoms with van der Waals surface area (Å²) in [6.45, 7) is 14.3. The second-order valence-electron chi connectivity index (χ2n) is 10.7. The minimum Gasteiger partial charge on any atom is -0.493 e. The lowest BCUT2D eigenvalue weighted by molar-refractivity contribution is -0.0591. The van der Waals surface area contributed by atoms with Crippen LogP contribution in [-0.2, 0) is 10.8 Å². The van der Waals surface area contributed by atoms with Crippen molar-refractivity contribution in [2.45, 2.75) is 78.1 Å². The standard InChI is InChI=1S/C31H41NO3/c1-7-30(3,4)26-17-18-28(27(22-26)31(5,6)8-2)35-20-12-11-19-32(34)29(33)25-16-15-23-13-9-10-14-24(23)21-25/h9-10,13-18,21-22,34H,7-8,11-12,19-20H2,1-6H3. The Bertz CT molecular complexity index is 1150. The van der Waals surface area contributed by atoms with E-state index in [4.69, 9.17) is 4.74 Å². The maximum absolute atomic E-state index is 12.6. The first-order valence-electron chi connectivity index (χ1n) is 12.9. The summed E-state index contributed by atoms with van der Waals surface area (Å²) in [6.07, 6.45) is 3.50. The number of hydrogen-bond acceptors (Lipinski definition) is 3. The molecule has 3 aromatic carbocycles. The van der Waals surface area contributed by atoms with Gasteiger partial charge < -0.3 is 4.74 Å². The van der Waals surface area contributed by atoms with Crippen LogP contribution in [0.1, 0.15) is 88.7 Å². The monoisotopic (exact) mass is 475 g/mol. The molecule has 0 spiro atoms. The summed E-state index contributed by atoms with van der Waals surface area (Å²) < 4.78 is 6.22. The Hall–Kier alpha value is -2.85. The number of benzene rings is 3. The maximum Gasteiger partial charge on any atom is 0.277 e. The van der Waals surface area contributed by atoms with E-state index >= 15 is 0 Å². The van der Waals surface area contributed by atoms with Gasteiger partial charge in [-0.05, 0) is 71.0 Å². The highest BCUT2D eigenvalue weighted by Gasteiger charge is 2.26. The van der Waals surface area contributed by atoms with E-state index in [2.05, 4.69) is 59.7 Å². The third kappa shape index (κ3) is 6.43. The van der Waals surface area contributed by atoms with E-state index in [-0.39, 0.29) is 23.3 Å². The number of fused-ring (bicyclic) bond motifs is 1. The van der Waals surface area contributed by atoms with E-state index in [9.17, 15) is 10.0 Å². The van der Waals surface area contributed by atoms with Crippen LogP contribution in [0.2, 0.25) is 0 Å². The molecule has 0 aliphatic heterocycles. The van der Waals surface area contributed by atoms with Crippen molar-refractivity contribution >= 4 is 16.7 Å². The van der Waals surface area contributed by atoms with E-state index in [0.717, 1.165) is 40.8 Å². The van der Waals surface area contributed by atoms with Gasteiger partial charge in [-0.25, -0.2) is 5.06 Å². The molecule has 0 saturated heterocycles. The van der Waals surface area contributed by atoms with Gasteiger partial charge in [-0.2, -0.15) is 0 Å². The fourth-order valence-electron chi connectivity index (χ4n) is 4.12. The maximum atomic E-state index is 12.6. The SMILES string of the molecule is CCC(C)(C)c1ccc(OCCCCN(O)C(=O)c2ccc3ccccc3c2)c(C(C)(C)CC)c1. The predicted octanol–water partition coefficient (Wildman–Crippen LogP) is 7.91. The summed E-state index contributed by atoms with van der Waals surface area (Å²) in [5, 5.41) is 13.2. The molecular formula is C31H41NO3. The van der Waals surface area contributed by atoms with Crippen molar-refractivity contribution in [2.24, 2.45) is 0 Å². The smallest absolute Gasteiger partial charge is 0.277 e. The summed E-state index contributed by atoms with van der Waals surface area (Å²) in [7, 11) is 0. The number of nitrogens with zero attached hydrogens (tertiary/aromatic N) is 1. The molecule has 0 fully saturated rings. The Balaban J connectivity index is 1.57. The number of hydroxylamine groups is 2. The van der Waals surface area contributed by atoms with Crippen LogP contribution >= 0.6 is 0 Å². The quantitative estimate of drug-likeness (QED) is 0.174. The van der Waals surface area contributed by atoms with Gasteiger partial charge in [0, 0.05) is 17.7 Å². The molecule has 0 atom stereocenters. The summed E-state index contributed by atoms with van der Waals surface area (Å²) in [5.74, 6) is 0.554. The lowest BCUT2D eigenvalue weighted by Crippen LogP contribution is -2.28. The molecule has 0 radical (unpaired) electrons. The minimum atomic E-state index is -0.377. The van der Waals surface area contributed by atoms with Gasteiger partial charge in [0.05, 0.1) is 6.61 Å². The molecule has 3 aromatic rings. The van der Waals surface area contributed by atoms with Gasteiger partial charge in [-0.1, -0.05) is 84.0 Å². The Morgan fingerprint density at radius 1 is 0.857 bits per heavy atom. The molecule has 188 valence electrons. The molecule has 0 unspecified atom stereocenters. The number of unbranched alkanes of at least 4 members (excludes halogenated alkanes) is 1. The zero-order chi connectivity index (χ0) is 25.6. The Morgan fingerprint density at radius 2 is 1.54 bits per heavy atom. The molecule has 0 aliphatic carbocycles. The van der Waals surface area contributed by atoms with Crippen molar-refractivity contribution in [2.75, 3.05) is 13.2 Å². The van der Waals surface area contributed by atoms with Crippen molar-refractivity contribution in [3.8, 4) is 5.75 Å². The number of hydrogen-bond donors (Lipinski definition) is 1. The third-order valence-electron chi connectivity index (χ3n) is 7.51. The topological polar surface area (TPSA) is 49.8 Å². The average Bonchev–Trinajstić information content (AvgIpc) is 2.87. The molecule has 4 heteroatoms. The lowest BCUT2D eigenvalue weighted by Gasteiger charge is -2.30. The molecule has 35 heavy (non-hydrogen) atoms. The molecule has 3 rings (SSSR count). The molecule has 1 amide bonds.